The number of hydrogen-bond acceptors (Lipinski definition) is 5. The number of thiophene rings is 1. The lowest BCUT2D eigenvalue weighted by Crippen LogP contribution is -2.24. The number of fused-ring (bicyclic) bond motifs is 1. The van der Waals surface area contributed by atoms with E-state index < -0.39 is 0 Å². The van der Waals surface area contributed by atoms with Gasteiger partial charge in [-0.15, -0.1) is 11.3 Å². The Labute approximate surface area is 146 Å². The summed E-state index contributed by atoms with van der Waals surface area (Å²) in [7, 11) is 1.36. The first-order valence-electron chi connectivity index (χ1n) is 8.28. The summed E-state index contributed by atoms with van der Waals surface area (Å²) in [5, 5.41) is 11.0. The largest absolute Gasteiger partial charge is 0.490 e. The van der Waals surface area contributed by atoms with E-state index in [1.807, 2.05) is 26.0 Å². The van der Waals surface area contributed by atoms with Gasteiger partial charge in [0.1, 0.15) is 0 Å². The van der Waals surface area contributed by atoms with E-state index in [9.17, 15) is 10.0 Å². The zero-order chi connectivity index (χ0) is 17.7. The van der Waals surface area contributed by atoms with E-state index in [0.29, 0.717) is 24.7 Å². The highest BCUT2D eigenvalue weighted by Crippen LogP contribution is 2.40. The second-order valence-corrected chi connectivity index (χ2v) is 6.69. The fourth-order valence-electron chi connectivity index (χ4n) is 2.59. The highest BCUT2D eigenvalue weighted by atomic mass is 32.1. The van der Waals surface area contributed by atoms with E-state index in [2.05, 4.69) is 13.0 Å². The Bertz CT molecular complexity index is 653. The Balaban J connectivity index is 2.36. The summed E-state index contributed by atoms with van der Waals surface area (Å²) >= 11 is 1.66. The first-order chi connectivity index (χ1) is 11.5. The van der Waals surface area contributed by atoms with Crippen molar-refractivity contribution in [3.8, 4) is 11.5 Å². The number of ether oxygens (including phenoxy) is 2. The Morgan fingerprint density at radius 1 is 1.17 bits per heavy atom. The molecule has 1 aromatic heterocycles. The average Bonchev–Trinajstić information content (AvgIpc) is 2.95. The predicted molar refractivity (Wildman–Crippen MR) is 96.4 cm³/mol. The van der Waals surface area contributed by atoms with Crippen LogP contribution in [0.4, 0.5) is 0 Å². The lowest BCUT2D eigenvalue weighted by molar-refractivity contribution is -0.159. The number of carbonyl (C=O) groups is 1. The van der Waals surface area contributed by atoms with Crippen LogP contribution >= 0.6 is 11.3 Å². The first-order valence-corrected chi connectivity index (χ1v) is 9.10. The molecule has 6 heteroatoms. The summed E-state index contributed by atoms with van der Waals surface area (Å²) in [6, 6.07) is 6.11. The molecule has 1 unspecified atom stereocenters. The average molecular weight is 351 g/mol. The normalized spacial score (nSPS) is 12.2. The molecule has 0 saturated heterocycles. The summed E-state index contributed by atoms with van der Waals surface area (Å²) < 4.78 is 12.5. The van der Waals surface area contributed by atoms with Gasteiger partial charge in [0.05, 0.1) is 13.2 Å². The molecule has 1 heterocycles. The van der Waals surface area contributed by atoms with Crippen molar-refractivity contribution >= 4 is 27.3 Å². The molecule has 0 aliphatic heterocycles. The van der Waals surface area contributed by atoms with E-state index in [4.69, 9.17) is 9.47 Å². The number of hydroxylamine groups is 2. The van der Waals surface area contributed by atoms with Crippen molar-refractivity contribution in [2.24, 2.45) is 0 Å². The third-order valence-electron chi connectivity index (χ3n) is 3.88. The molecule has 1 aromatic carbocycles. The van der Waals surface area contributed by atoms with Crippen molar-refractivity contribution in [3.05, 3.63) is 23.1 Å². The van der Waals surface area contributed by atoms with E-state index in [1.54, 1.807) is 11.3 Å². The summed E-state index contributed by atoms with van der Waals surface area (Å²) in [6.45, 7) is 7.11. The molecular weight excluding hydrogens is 326 g/mol. The maximum absolute atomic E-state index is 11.8. The maximum atomic E-state index is 11.8. The minimum atomic E-state index is -0.274. The summed E-state index contributed by atoms with van der Waals surface area (Å²) in [6.07, 6.45) is 1.13. The van der Waals surface area contributed by atoms with Crippen LogP contribution in [0.1, 0.15) is 44.4 Å². The number of benzene rings is 1. The molecule has 2 aromatic rings. The number of carbonyl (C=O) groups excluding carboxylic acids is 1. The van der Waals surface area contributed by atoms with Gasteiger partial charge in [0.25, 0.3) is 0 Å². The van der Waals surface area contributed by atoms with Gasteiger partial charge in [-0.05, 0) is 37.8 Å². The molecular formula is C18H25NO4S. The lowest BCUT2D eigenvalue weighted by atomic mass is 9.99. The molecule has 0 fully saturated rings. The zero-order valence-corrected chi connectivity index (χ0v) is 15.5. The third-order valence-corrected chi connectivity index (χ3v) is 5.14. The zero-order valence-electron chi connectivity index (χ0n) is 14.7. The van der Waals surface area contributed by atoms with E-state index in [1.165, 1.54) is 7.05 Å². The molecule has 24 heavy (non-hydrogen) atoms. The standard InChI is InChI=1S/C18H25NO4S/c1-5-12(10-18(20)19(4)21)16-9-13-8-14(22-6-2)15(23-7-3)11-17(13)24-16/h8-9,11-12,21H,5-7,10H2,1-4H3. The minimum absolute atomic E-state index is 0.0931. The second kappa shape index (κ2) is 8.35. The fourth-order valence-corrected chi connectivity index (χ4v) is 3.85. The Morgan fingerprint density at radius 2 is 1.79 bits per heavy atom. The van der Waals surface area contributed by atoms with E-state index in [0.717, 1.165) is 32.9 Å². The summed E-state index contributed by atoms with van der Waals surface area (Å²) in [5.41, 5.74) is 0. The molecule has 0 aliphatic carbocycles. The van der Waals surface area contributed by atoms with Crippen LogP contribution in [0.5, 0.6) is 11.5 Å². The van der Waals surface area contributed by atoms with Crippen molar-refractivity contribution in [3.63, 3.8) is 0 Å². The maximum Gasteiger partial charge on any atom is 0.246 e. The van der Waals surface area contributed by atoms with Crippen molar-refractivity contribution in [2.75, 3.05) is 20.3 Å². The van der Waals surface area contributed by atoms with Crippen molar-refractivity contribution in [2.45, 2.75) is 39.5 Å². The summed E-state index contributed by atoms with van der Waals surface area (Å²) in [5.74, 6) is 1.31. The van der Waals surface area contributed by atoms with Gasteiger partial charge in [-0.2, -0.15) is 0 Å². The number of hydrogen-bond donors (Lipinski definition) is 1. The van der Waals surface area contributed by atoms with Crippen LogP contribution in [0.15, 0.2) is 18.2 Å². The third kappa shape index (κ3) is 4.19. The molecule has 1 N–H and O–H groups in total. The van der Waals surface area contributed by atoms with Gasteiger partial charge >= 0.3 is 0 Å². The van der Waals surface area contributed by atoms with Crippen LogP contribution in [-0.4, -0.2) is 36.4 Å². The highest BCUT2D eigenvalue weighted by molar-refractivity contribution is 7.19. The Hall–Kier alpha value is -1.79. The lowest BCUT2D eigenvalue weighted by Gasteiger charge is -2.14. The molecule has 0 radical (unpaired) electrons. The minimum Gasteiger partial charge on any atom is -0.490 e. The summed E-state index contributed by atoms with van der Waals surface area (Å²) in [4.78, 5) is 13.0. The number of amides is 1. The van der Waals surface area contributed by atoms with Crippen LogP contribution in [-0.2, 0) is 4.79 Å². The van der Waals surface area contributed by atoms with Gasteiger partial charge in [0.15, 0.2) is 11.5 Å². The van der Waals surface area contributed by atoms with E-state index in [-0.39, 0.29) is 11.8 Å². The van der Waals surface area contributed by atoms with Crippen LogP contribution in [0.2, 0.25) is 0 Å². The van der Waals surface area contributed by atoms with Crippen molar-refractivity contribution in [1.29, 1.82) is 0 Å². The molecule has 0 spiro atoms. The van der Waals surface area contributed by atoms with Crippen LogP contribution in [0.25, 0.3) is 10.1 Å². The SMILES string of the molecule is CCOc1cc2cc(C(CC)CC(=O)N(C)O)sc2cc1OCC. The fraction of sp³-hybridized carbons (Fsp3) is 0.500. The van der Waals surface area contributed by atoms with Gasteiger partial charge in [-0.1, -0.05) is 6.92 Å². The topological polar surface area (TPSA) is 59.0 Å². The monoisotopic (exact) mass is 351 g/mol. The highest BCUT2D eigenvalue weighted by Gasteiger charge is 2.19. The number of nitrogens with zero attached hydrogens (tertiary/aromatic N) is 1. The predicted octanol–water partition coefficient (Wildman–Crippen LogP) is 4.43. The van der Waals surface area contributed by atoms with Crippen LogP contribution < -0.4 is 9.47 Å². The molecule has 2 rings (SSSR count). The molecule has 0 saturated carbocycles. The van der Waals surface area contributed by atoms with Crippen LogP contribution in [0, 0.1) is 0 Å². The van der Waals surface area contributed by atoms with Gasteiger partial charge < -0.3 is 9.47 Å². The smallest absolute Gasteiger partial charge is 0.246 e. The molecule has 0 bridgehead atoms. The Kier molecular flexibility index (Phi) is 6.45. The van der Waals surface area contributed by atoms with E-state index >= 15 is 0 Å². The molecule has 0 aliphatic rings. The molecule has 1 atom stereocenters. The second-order valence-electron chi connectivity index (χ2n) is 5.58. The van der Waals surface area contributed by atoms with Gasteiger partial charge in [0.2, 0.25) is 5.91 Å². The molecule has 1 amide bonds. The van der Waals surface area contributed by atoms with Crippen molar-refractivity contribution in [1.82, 2.24) is 5.06 Å². The Morgan fingerprint density at radius 3 is 2.33 bits per heavy atom. The molecule has 132 valence electrons. The van der Waals surface area contributed by atoms with Gasteiger partial charge in [-0.3, -0.25) is 10.0 Å². The van der Waals surface area contributed by atoms with Crippen molar-refractivity contribution < 1.29 is 19.5 Å². The quantitative estimate of drug-likeness (QED) is 0.564. The first kappa shape index (κ1) is 18.5. The van der Waals surface area contributed by atoms with Crippen LogP contribution in [0.3, 0.4) is 0 Å². The van der Waals surface area contributed by atoms with Gasteiger partial charge in [0, 0.05) is 35.0 Å². The van der Waals surface area contributed by atoms with Gasteiger partial charge in [-0.25, -0.2) is 5.06 Å². The molecule has 5 nitrogen and oxygen atoms in total. The number of rotatable bonds is 8.